The van der Waals surface area contributed by atoms with E-state index in [0.717, 1.165) is 10.4 Å². The van der Waals surface area contributed by atoms with Crippen molar-refractivity contribution in [2.24, 2.45) is 5.73 Å². The SMILES string of the molecule is NCC#Cc1csc(CNC(=O)COc2ccccc2)c1. The molecule has 0 saturated carbocycles. The summed E-state index contributed by atoms with van der Waals surface area (Å²) < 4.78 is 5.37. The van der Waals surface area contributed by atoms with Crippen LogP contribution in [-0.4, -0.2) is 19.1 Å². The zero-order valence-corrected chi connectivity index (χ0v) is 12.3. The molecule has 1 amide bonds. The van der Waals surface area contributed by atoms with Crippen molar-refractivity contribution < 1.29 is 9.53 Å². The van der Waals surface area contributed by atoms with Crippen LogP contribution in [0.3, 0.4) is 0 Å². The largest absolute Gasteiger partial charge is 0.484 e. The van der Waals surface area contributed by atoms with Crippen LogP contribution in [0.15, 0.2) is 41.8 Å². The molecule has 0 aliphatic rings. The monoisotopic (exact) mass is 300 g/mol. The number of hydrogen-bond acceptors (Lipinski definition) is 4. The Morgan fingerprint density at radius 1 is 1.33 bits per heavy atom. The van der Waals surface area contributed by atoms with Gasteiger partial charge in [0.25, 0.3) is 5.91 Å². The van der Waals surface area contributed by atoms with Gasteiger partial charge in [-0.05, 0) is 18.2 Å². The molecular formula is C16H16N2O2S. The summed E-state index contributed by atoms with van der Waals surface area (Å²) in [7, 11) is 0. The summed E-state index contributed by atoms with van der Waals surface area (Å²) in [6, 6.07) is 11.2. The van der Waals surface area contributed by atoms with Crippen LogP contribution in [0.1, 0.15) is 10.4 Å². The van der Waals surface area contributed by atoms with Gasteiger partial charge in [0.15, 0.2) is 6.61 Å². The number of nitrogens with two attached hydrogens (primary N) is 1. The fourth-order valence-electron chi connectivity index (χ4n) is 1.59. The van der Waals surface area contributed by atoms with Crippen molar-refractivity contribution in [1.82, 2.24) is 5.32 Å². The average molecular weight is 300 g/mol. The topological polar surface area (TPSA) is 64.3 Å². The molecule has 1 heterocycles. The van der Waals surface area contributed by atoms with E-state index in [9.17, 15) is 4.79 Å². The van der Waals surface area contributed by atoms with E-state index in [2.05, 4.69) is 17.2 Å². The molecular weight excluding hydrogens is 284 g/mol. The van der Waals surface area contributed by atoms with Gasteiger partial charge in [-0.3, -0.25) is 4.79 Å². The van der Waals surface area contributed by atoms with Crippen LogP contribution in [0, 0.1) is 11.8 Å². The molecule has 2 aromatic rings. The maximum atomic E-state index is 11.7. The van der Waals surface area contributed by atoms with Gasteiger partial charge >= 0.3 is 0 Å². The Hall–Kier alpha value is -2.29. The fraction of sp³-hybridized carbons (Fsp3) is 0.188. The number of rotatable bonds is 5. The third-order valence-electron chi connectivity index (χ3n) is 2.56. The van der Waals surface area contributed by atoms with E-state index in [4.69, 9.17) is 10.5 Å². The first-order valence-electron chi connectivity index (χ1n) is 6.49. The molecule has 108 valence electrons. The second-order valence-electron chi connectivity index (χ2n) is 4.19. The smallest absolute Gasteiger partial charge is 0.258 e. The predicted molar refractivity (Wildman–Crippen MR) is 84.0 cm³/mol. The minimum absolute atomic E-state index is 0.00915. The molecule has 1 aromatic heterocycles. The van der Waals surface area contributed by atoms with E-state index in [0.29, 0.717) is 18.8 Å². The zero-order chi connectivity index (χ0) is 14.9. The molecule has 3 N–H and O–H groups in total. The Kier molecular flexibility index (Phi) is 5.83. The van der Waals surface area contributed by atoms with E-state index in [1.54, 1.807) is 11.3 Å². The highest BCUT2D eigenvalue weighted by molar-refractivity contribution is 7.10. The molecule has 0 aliphatic carbocycles. The Balaban J connectivity index is 1.75. The van der Waals surface area contributed by atoms with Crippen molar-refractivity contribution in [2.45, 2.75) is 6.54 Å². The van der Waals surface area contributed by atoms with Crippen LogP contribution >= 0.6 is 11.3 Å². The molecule has 0 atom stereocenters. The maximum Gasteiger partial charge on any atom is 0.258 e. The maximum absolute atomic E-state index is 11.7. The summed E-state index contributed by atoms with van der Waals surface area (Å²) >= 11 is 1.56. The second kappa shape index (κ2) is 8.10. The molecule has 0 saturated heterocycles. The molecule has 0 bridgehead atoms. The van der Waals surface area contributed by atoms with E-state index in [1.165, 1.54) is 0 Å². The van der Waals surface area contributed by atoms with Crippen molar-refractivity contribution in [1.29, 1.82) is 0 Å². The third kappa shape index (κ3) is 5.30. The van der Waals surface area contributed by atoms with E-state index >= 15 is 0 Å². The van der Waals surface area contributed by atoms with E-state index in [-0.39, 0.29) is 12.5 Å². The van der Waals surface area contributed by atoms with Crippen LogP contribution in [0.4, 0.5) is 0 Å². The number of amides is 1. The Morgan fingerprint density at radius 2 is 2.14 bits per heavy atom. The Morgan fingerprint density at radius 3 is 2.90 bits per heavy atom. The van der Waals surface area contributed by atoms with Crippen LogP contribution in [0.2, 0.25) is 0 Å². The molecule has 5 heteroatoms. The standard InChI is InChI=1S/C16H16N2O2S/c17-8-4-5-13-9-15(21-12-13)10-18-16(19)11-20-14-6-2-1-3-7-14/h1-3,6-7,9,12H,8,10-11,17H2,(H,18,19). The first kappa shape index (κ1) is 15.1. The summed E-state index contributed by atoms with van der Waals surface area (Å²) in [5.74, 6) is 6.29. The quantitative estimate of drug-likeness (QED) is 0.827. The van der Waals surface area contributed by atoms with Crippen LogP contribution in [0.25, 0.3) is 0 Å². The lowest BCUT2D eigenvalue weighted by molar-refractivity contribution is -0.123. The van der Waals surface area contributed by atoms with Crippen molar-refractivity contribution in [2.75, 3.05) is 13.2 Å². The Bertz CT molecular complexity index is 641. The van der Waals surface area contributed by atoms with Crippen LogP contribution in [-0.2, 0) is 11.3 Å². The van der Waals surface area contributed by atoms with Gasteiger partial charge in [0.05, 0.1) is 13.1 Å². The number of hydrogen-bond donors (Lipinski definition) is 2. The second-order valence-corrected chi connectivity index (χ2v) is 5.18. The number of nitrogens with one attached hydrogen (secondary N) is 1. The lowest BCUT2D eigenvalue weighted by atomic mass is 10.3. The van der Waals surface area contributed by atoms with Gasteiger partial charge in [0.1, 0.15) is 5.75 Å². The Labute approximate surface area is 127 Å². The molecule has 0 radical (unpaired) electrons. The minimum Gasteiger partial charge on any atom is -0.484 e. The number of carbonyl (C=O) groups is 1. The van der Waals surface area contributed by atoms with Crippen molar-refractivity contribution in [3.63, 3.8) is 0 Å². The summed E-state index contributed by atoms with van der Waals surface area (Å²) in [5, 5.41) is 4.76. The first-order chi connectivity index (χ1) is 10.3. The lowest BCUT2D eigenvalue weighted by Gasteiger charge is -2.06. The van der Waals surface area contributed by atoms with Gasteiger partial charge in [-0.15, -0.1) is 11.3 Å². The molecule has 1 aromatic carbocycles. The summed E-state index contributed by atoms with van der Waals surface area (Å²) in [6.07, 6.45) is 0. The molecule has 2 rings (SSSR count). The molecule has 21 heavy (non-hydrogen) atoms. The minimum atomic E-state index is -0.151. The van der Waals surface area contributed by atoms with Gasteiger partial charge < -0.3 is 15.8 Å². The van der Waals surface area contributed by atoms with Gasteiger partial charge in [-0.1, -0.05) is 30.0 Å². The number of benzene rings is 1. The highest BCUT2D eigenvalue weighted by Gasteiger charge is 2.04. The predicted octanol–water partition coefficient (Wildman–Crippen LogP) is 1.75. The van der Waals surface area contributed by atoms with Gasteiger partial charge in [0, 0.05) is 15.8 Å². The third-order valence-corrected chi connectivity index (χ3v) is 3.50. The molecule has 0 spiro atoms. The van der Waals surface area contributed by atoms with Gasteiger partial charge in [-0.25, -0.2) is 0 Å². The number of thiophene rings is 1. The van der Waals surface area contributed by atoms with Crippen LogP contribution < -0.4 is 15.8 Å². The summed E-state index contributed by atoms with van der Waals surface area (Å²) in [4.78, 5) is 12.7. The summed E-state index contributed by atoms with van der Waals surface area (Å²) in [6.45, 7) is 0.833. The van der Waals surface area contributed by atoms with Crippen LogP contribution in [0.5, 0.6) is 5.75 Å². The van der Waals surface area contributed by atoms with Gasteiger partial charge in [0.2, 0.25) is 0 Å². The molecule has 0 aliphatic heterocycles. The number of para-hydroxylation sites is 1. The number of carbonyl (C=O) groups excluding carboxylic acids is 1. The highest BCUT2D eigenvalue weighted by atomic mass is 32.1. The highest BCUT2D eigenvalue weighted by Crippen LogP contribution is 2.13. The average Bonchev–Trinajstić information content (AvgIpc) is 2.98. The molecule has 4 nitrogen and oxygen atoms in total. The lowest BCUT2D eigenvalue weighted by Crippen LogP contribution is -2.28. The molecule has 0 unspecified atom stereocenters. The van der Waals surface area contributed by atoms with Crippen molar-refractivity contribution in [3.05, 3.63) is 52.2 Å². The van der Waals surface area contributed by atoms with E-state index in [1.807, 2.05) is 41.8 Å². The van der Waals surface area contributed by atoms with Crippen molar-refractivity contribution >= 4 is 17.2 Å². The molecule has 0 fully saturated rings. The summed E-state index contributed by atoms with van der Waals surface area (Å²) in [5.41, 5.74) is 6.25. The van der Waals surface area contributed by atoms with Gasteiger partial charge in [-0.2, -0.15) is 0 Å². The normalized spacial score (nSPS) is 9.57. The first-order valence-corrected chi connectivity index (χ1v) is 7.37. The fourth-order valence-corrected chi connectivity index (χ4v) is 2.35. The van der Waals surface area contributed by atoms with E-state index < -0.39 is 0 Å². The zero-order valence-electron chi connectivity index (χ0n) is 11.5. The number of ether oxygens (including phenoxy) is 1. The van der Waals surface area contributed by atoms with Crippen molar-refractivity contribution in [3.8, 4) is 17.6 Å².